The van der Waals surface area contributed by atoms with Crippen LogP contribution in [-0.4, -0.2) is 57.6 Å². The van der Waals surface area contributed by atoms with Crippen molar-refractivity contribution in [2.75, 3.05) is 32.9 Å². The molecule has 122 valence electrons. The Morgan fingerprint density at radius 1 is 1.48 bits per heavy atom. The highest BCUT2D eigenvalue weighted by Gasteiger charge is 2.39. The molecule has 1 heterocycles. The van der Waals surface area contributed by atoms with Gasteiger partial charge < -0.3 is 9.47 Å². The Labute approximate surface area is 126 Å². The standard InChI is InChI=1S/C13H24N2O5S/c1-4-20-13(16)12-6-5-8-15(12)21(17,18)14-7-9-19-10-11(2)3/h12,14H,2,4-10H2,1,3H3. The summed E-state index contributed by atoms with van der Waals surface area (Å²) in [5.74, 6) is -0.487. The van der Waals surface area contributed by atoms with Gasteiger partial charge in [0.1, 0.15) is 6.04 Å². The van der Waals surface area contributed by atoms with Crippen molar-refractivity contribution in [1.82, 2.24) is 9.03 Å². The number of nitrogens with one attached hydrogen (secondary N) is 1. The average molecular weight is 320 g/mol. The highest BCUT2D eigenvalue weighted by Crippen LogP contribution is 2.21. The van der Waals surface area contributed by atoms with E-state index in [9.17, 15) is 13.2 Å². The summed E-state index contributed by atoms with van der Waals surface area (Å²) >= 11 is 0. The molecule has 1 fully saturated rings. The number of hydrogen-bond acceptors (Lipinski definition) is 5. The van der Waals surface area contributed by atoms with E-state index in [1.165, 1.54) is 4.31 Å². The van der Waals surface area contributed by atoms with Crippen LogP contribution < -0.4 is 4.72 Å². The molecule has 7 nitrogen and oxygen atoms in total. The molecular weight excluding hydrogens is 296 g/mol. The molecule has 0 radical (unpaired) electrons. The zero-order valence-corrected chi connectivity index (χ0v) is 13.4. The summed E-state index contributed by atoms with van der Waals surface area (Å²) in [5.41, 5.74) is 0.875. The zero-order chi connectivity index (χ0) is 15.9. The van der Waals surface area contributed by atoms with Gasteiger partial charge in [-0.25, -0.2) is 0 Å². The van der Waals surface area contributed by atoms with Gasteiger partial charge >= 0.3 is 5.97 Å². The van der Waals surface area contributed by atoms with Crippen LogP contribution in [0.4, 0.5) is 0 Å². The first-order valence-electron chi connectivity index (χ1n) is 7.03. The van der Waals surface area contributed by atoms with Crippen molar-refractivity contribution in [2.24, 2.45) is 0 Å². The lowest BCUT2D eigenvalue weighted by atomic mass is 10.2. The van der Waals surface area contributed by atoms with E-state index in [1.54, 1.807) is 6.92 Å². The Balaban J connectivity index is 2.48. The fraction of sp³-hybridized carbons (Fsp3) is 0.769. The normalized spacial score (nSPS) is 19.6. The molecule has 8 heteroatoms. The smallest absolute Gasteiger partial charge is 0.324 e. The molecule has 1 atom stereocenters. The van der Waals surface area contributed by atoms with Crippen LogP contribution in [0, 0.1) is 0 Å². The minimum Gasteiger partial charge on any atom is -0.465 e. The van der Waals surface area contributed by atoms with Gasteiger partial charge in [0, 0.05) is 13.1 Å². The fourth-order valence-corrected chi connectivity index (χ4v) is 3.48. The molecule has 0 spiro atoms. The van der Waals surface area contributed by atoms with Crippen LogP contribution in [0.3, 0.4) is 0 Å². The Bertz CT molecular complexity index is 463. The van der Waals surface area contributed by atoms with E-state index in [1.807, 2.05) is 6.92 Å². The van der Waals surface area contributed by atoms with E-state index in [0.717, 1.165) is 5.57 Å². The lowest BCUT2D eigenvalue weighted by Crippen LogP contribution is -2.47. The number of hydrogen-bond donors (Lipinski definition) is 1. The Kier molecular flexibility index (Phi) is 7.30. The number of ether oxygens (including phenoxy) is 2. The van der Waals surface area contributed by atoms with Crippen molar-refractivity contribution in [1.29, 1.82) is 0 Å². The summed E-state index contributed by atoms with van der Waals surface area (Å²) in [4.78, 5) is 11.8. The van der Waals surface area contributed by atoms with E-state index >= 15 is 0 Å². The largest absolute Gasteiger partial charge is 0.465 e. The summed E-state index contributed by atoms with van der Waals surface area (Å²) in [5, 5.41) is 0. The molecule has 0 aliphatic carbocycles. The van der Waals surface area contributed by atoms with E-state index in [-0.39, 0.29) is 19.8 Å². The first-order valence-corrected chi connectivity index (χ1v) is 8.47. The third kappa shape index (κ3) is 5.74. The average Bonchev–Trinajstić information content (AvgIpc) is 2.88. The molecule has 21 heavy (non-hydrogen) atoms. The second-order valence-corrected chi connectivity index (χ2v) is 6.64. The second kappa shape index (κ2) is 8.47. The first-order chi connectivity index (χ1) is 9.88. The van der Waals surface area contributed by atoms with Crippen LogP contribution in [0.25, 0.3) is 0 Å². The van der Waals surface area contributed by atoms with E-state index in [4.69, 9.17) is 9.47 Å². The lowest BCUT2D eigenvalue weighted by molar-refractivity contribution is -0.146. The van der Waals surface area contributed by atoms with Crippen LogP contribution >= 0.6 is 0 Å². The molecule has 0 aromatic carbocycles. The van der Waals surface area contributed by atoms with E-state index < -0.39 is 22.2 Å². The third-order valence-corrected chi connectivity index (χ3v) is 4.57. The van der Waals surface area contributed by atoms with Crippen molar-refractivity contribution in [3.63, 3.8) is 0 Å². The minimum absolute atomic E-state index is 0.154. The molecule has 0 bridgehead atoms. The minimum atomic E-state index is -3.69. The van der Waals surface area contributed by atoms with Crippen molar-refractivity contribution in [3.8, 4) is 0 Å². The maximum atomic E-state index is 12.2. The molecule has 1 saturated heterocycles. The van der Waals surface area contributed by atoms with Gasteiger partial charge in [-0.05, 0) is 26.7 Å². The predicted molar refractivity (Wildman–Crippen MR) is 78.9 cm³/mol. The van der Waals surface area contributed by atoms with Crippen molar-refractivity contribution < 1.29 is 22.7 Å². The maximum absolute atomic E-state index is 12.2. The van der Waals surface area contributed by atoms with Crippen molar-refractivity contribution in [3.05, 3.63) is 12.2 Å². The summed E-state index contributed by atoms with van der Waals surface area (Å²) in [6.07, 6.45) is 1.14. The van der Waals surface area contributed by atoms with Crippen LogP contribution in [0.15, 0.2) is 12.2 Å². The third-order valence-electron chi connectivity index (χ3n) is 2.95. The number of esters is 1. The highest BCUT2D eigenvalue weighted by atomic mass is 32.2. The van der Waals surface area contributed by atoms with Gasteiger partial charge in [-0.2, -0.15) is 17.4 Å². The van der Waals surface area contributed by atoms with E-state index in [0.29, 0.717) is 26.0 Å². The van der Waals surface area contributed by atoms with Gasteiger partial charge in [-0.15, -0.1) is 0 Å². The SMILES string of the molecule is C=C(C)COCCNS(=O)(=O)N1CCCC1C(=O)OCC. The molecule has 0 aromatic heterocycles. The molecule has 0 amide bonds. The van der Waals surface area contributed by atoms with Gasteiger partial charge in [0.15, 0.2) is 0 Å². The summed E-state index contributed by atoms with van der Waals surface area (Å²) < 4.78 is 38.1. The van der Waals surface area contributed by atoms with Gasteiger partial charge in [-0.3, -0.25) is 4.79 Å². The van der Waals surface area contributed by atoms with Gasteiger partial charge in [0.2, 0.25) is 0 Å². The van der Waals surface area contributed by atoms with Crippen LogP contribution in [0.1, 0.15) is 26.7 Å². The molecule has 1 rings (SSSR count). The van der Waals surface area contributed by atoms with Crippen LogP contribution in [-0.2, 0) is 24.5 Å². The summed E-state index contributed by atoms with van der Waals surface area (Å²) in [6.45, 7) is 8.59. The zero-order valence-electron chi connectivity index (χ0n) is 12.6. The number of rotatable bonds is 9. The molecule has 0 aromatic rings. The maximum Gasteiger partial charge on any atom is 0.324 e. The first kappa shape index (κ1) is 18.1. The number of nitrogens with zero attached hydrogens (tertiary/aromatic N) is 1. The molecule has 1 aliphatic rings. The van der Waals surface area contributed by atoms with E-state index in [2.05, 4.69) is 11.3 Å². The molecule has 1 aliphatic heterocycles. The fourth-order valence-electron chi connectivity index (χ4n) is 2.07. The molecule has 1 unspecified atom stereocenters. The summed E-state index contributed by atoms with van der Waals surface area (Å²) in [7, 11) is -3.69. The second-order valence-electron chi connectivity index (χ2n) is 4.93. The number of carbonyl (C=O) groups is 1. The van der Waals surface area contributed by atoms with Gasteiger partial charge in [0.05, 0.1) is 19.8 Å². The van der Waals surface area contributed by atoms with Crippen molar-refractivity contribution >= 4 is 16.2 Å². The molecule has 0 saturated carbocycles. The molecular formula is C13H24N2O5S. The predicted octanol–water partition coefficient (Wildman–Crippen LogP) is 0.441. The lowest BCUT2D eigenvalue weighted by Gasteiger charge is -2.22. The Hall–Kier alpha value is -0.960. The highest BCUT2D eigenvalue weighted by molar-refractivity contribution is 7.87. The topological polar surface area (TPSA) is 84.9 Å². The van der Waals surface area contributed by atoms with Crippen LogP contribution in [0.5, 0.6) is 0 Å². The monoisotopic (exact) mass is 320 g/mol. The van der Waals surface area contributed by atoms with Crippen molar-refractivity contribution in [2.45, 2.75) is 32.7 Å². The quantitative estimate of drug-likeness (QED) is 0.378. The number of carbonyl (C=O) groups excluding carboxylic acids is 1. The Morgan fingerprint density at radius 2 is 2.19 bits per heavy atom. The van der Waals surface area contributed by atoms with Gasteiger partial charge in [-0.1, -0.05) is 12.2 Å². The summed E-state index contributed by atoms with van der Waals surface area (Å²) in [6, 6.07) is -0.723. The Morgan fingerprint density at radius 3 is 2.81 bits per heavy atom. The molecule has 1 N–H and O–H groups in total. The van der Waals surface area contributed by atoms with Gasteiger partial charge in [0.25, 0.3) is 10.2 Å². The van der Waals surface area contributed by atoms with Crippen LogP contribution in [0.2, 0.25) is 0 Å².